The minimum absolute atomic E-state index is 0.0292. The number of hydrogen-bond acceptors (Lipinski definition) is 12. The van der Waals surface area contributed by atoms with Crippen LogP contribution >= 0.6 is 7.82 Å². The number of aliphatic hydroxyl groups excluding tert-OH is 3. The standard InChI is InChI=1S/C44H70NO13P/c1-3-5-7-8-9-10-11-12-13-14-15-16-17-22-26-32-43(50)58-38(35-56-59(53,54)57-36-39(45)44(51)52)34-55-42(49)33-27-31-41(48)40(47)30-25-21-19-18-20-24-29-37(46)28-23-6-4-2/h5,7,9-10,12-13,15-16,18-21,24-25,29-30,37-41,46-48H,3-4,6,8,11,14,17,22-23,26-28,31-36,45H2,1-2H3,(H,51,52)(H,53,54)/b7-5-,10-9-,13-12-,16-15-,20-18-,21-19+,29-24+,30-25+/t37-,38-,39+,40-,41-/m1/s1. The van der Waals surface area contributed by atoms with E-state index in [1.165, 1.54) is 6.08 Å². The number of carboxylic acids is 1. The molecule has 0 spiro atoms. The fraction of sp³-hybridized carbons (Fsp3) is 0.568. The number of phosphoric ester groups is 1. The van der Waals surface area contributed by atoms with E-state index in [2.05, 4.69) is 54.8 Å². The SMILES string of the molecule is CC/C=C\C/C=C\C/C=C\C/C=C\CCCCC(=O)O[C@H](COC(=O)CCC[C@@H](O)[C@H](O)/C=C/C=C/C=C\C=C\[C@H](O)CCCCC)COP(=O)(O)OC[C@H](N)C(=O)O. The normalized spacial score (nSPS) is 16.3. The van der Waals surface area contributed by atoms with E-state index in [4.69, 9.17) is 24.8 Å². The summed E-state index contributed by atoms with van der Waals surface area (Å²) >= 11 is 0. The van der Waals surface area contributed by atoms with Crippen molar-refractivity contribution in [2.24, 2.45) is 5.73 Å². The monoisotopic (exact) mass is 851 g/mol. The van der Waals surface area contributed by atoms with Gasteiger partial charge in [-0.15, -0.1) is 0 Å². The van der Waals surface area contributed by atoms with Gasteiger partial charge in [0, 0.05) is 12.8 Å². The molecule has 7 N–H and O–H groups in total. The summed E-state index contributed by atoms with van der Waals surface area (Å²) < 4.78 is 32.3. The zero-order valence-corrected chi connectivity index (χ0v) is 35.8. The van der Waals surface area contributed by atoms with Gasteiger partial charge in [0.25, 0.3) is 0 Å². The Labute approximate surface area is 351 Å². The van der Waals surface area contributed by atoms with Crippen LogP contribution in [0.4, 0.5) is 0 Å². The van der Waals surface area contributed by atoms with Gasteiger partial charge in [-0.3, -0.25) is 23.4 Å². The lowest BCUT2D eigenvalue weighted by atomic mass is 10.1. The average Bonchev–Trinajstić information content (AvgIpc) is 3.20. The minimum atomic E-state index is -4.82. The third-order valence-corrected chi connectivity index (χ3v) is 9.13. The highest BCUT2D eigenvalue weighted by Crippen LogP contribution is 2.43. The molecule has 6 atom stereocenters. The van der Waals surface area contributed by atoms with Crippen LogP contribution in [0.15, 0.2) is 97.2 Å². The van der Waals surface area contributed by atoms with E-state index in [1.807, 2.05) is 12.2 Å². The summed E-state index contributed by atoms with van der Waals surface area (Å²) in [5.41, 5.74) is 5.30. The fourth-order valence-corrected chi connectivity index (χ4v) is 5.57. The van der Waals surface area contributed by atoms with Crippen LogP contribution in [0.3, 0.4) is 0 Å². The van der Waals surface area contributed by atoms with E-state index >= 15 is 0 Å². The van der Waals surface area contributed by atoms with Crippen molar-refractivity contribution in [3.8, 4) is 0 Å². The Kier molecular flexibility index (Phi) is 34.9. The zero-order chi connectivity index (χ0) is 44.0. The molecular weight excluding hydrogens is 781 g/mol. The lowest BCUT2D eigenvalue weighted by Gasteiger charge is -2.20. The van der Waals surface area contributed by atoms with E-state index in [0.717, 1.165) is 57.8 Å². The summed E-state index contributed by atoms with van der Waals surface area (Å²) in [6, 6.07) is -1.58. The van der Waals surface area contributed by atoms with E-state index < -0.39 is 76.0 Å². The molecule has 15 heteroatoms. The van der Waals surface area contributed by atoms with Crippen LogP contribution in [-0.4, -0.2) is 93.5 Å². The molecule has 0 saturated carbocycles. The van der Waals surface area contributed by atoms with Gasteiger partial charge in [0.15, 0.2) is 6.10 Å². The molecule has 0 fully saturated rings. The second-order valence-corrected chi connectivity index (χ2v) is 15.1. The maximum absolute atomic E-state index is 12.6. The molecule has 0 aromatic carbocycles. The summed E-state index contributed by atoms with van der Waals surface area (Å²) in [5, 5.41) is 39.3. The van der Waals surface area contributed by atoms with Crippen molar-refractivity contribution in [1.82, 2.24) is 0 Å². The first kappa shape index (κ1) is 55.3. The second kappa shape index (κ2) is 37.3. The van der Waals surface area contributed by atoms with Crippen LogP contribution in [0.25, 0.3) is 0 Å². The number of hydrogen-bond donors (Lipinski definition) is 6. The molecule has 0 aromatic rings. The quantitative estimate of drug-likeness (QED) is 0.0119. The Morgan fingerprint density at radius 3 is 1.86 bits per heavy atom. The number of carbonyl (C=O) groups is 3. The molecule has 0 radical (unpaired) electrons. The van der Waals surface area contributed by atoms with Crippen LogP contribution in [0.2, 0.25) is 0 Å². The first-order valence-electron chi connectivity index (χ1n) is 20.6. The van der Waals surface area contributed by atoms with Crippen molar-refractivity contribution in [2.75, 3.05) is 19.8 Å². The van der Waals surface area contributed by atoms with Gasteiger partial charge in [-0.1, -0.05) is 130 Å². The van der Waals surface area contributed by atoms with Crippen molar-refractivity contribution in [2.45, 2.75) is 141 Å². The smallest absolute Gasteiger partial charge is 0.472 e. The highest BCUT2D eigenvalue weighted by Gasteiger charge is 2.28. The van der Waals surface area contributed by atoms with E-state index in [-0.39, 0.29) is 25.7 Å². The van der Waals surface area contributed by atoms with E-state index in [0.29, 0.717) is 12.8 Å². The summed E-state index contributed by atoms with van der Waals surface area (Å²) in [6.07, 6.45) is 35.7. The fourth-order valence-electron chi connectivity index (χ4n) is 4.79. The number of aliphatic hydroxyl groups is 3. The molecular formula is C44H70NO13P. The molecule has 59 heavy (non-hydrogen) atoms. The number of phosphoric acid groups is 1. The number of unbranched alkanes of at least 4 members (excludes halogenated alkanes) is 4. The van der Waals surface area contributed by atoms with Crippen molar-refractivity contribution in [3.63, 3.8) is 0 Å². The Hall–Kier alpha value is -3.72. The number of esters is 2. The van der Waals surface area contributed by atoms with Gasteiger partial charge in [0.2, 0.25) is 0 Å². The Balaban J connectivity index is 4.82. The summed E-state index contributed by atoms with van der Waals surface area (Å²) in [4.78, 5) is 45.9. The number of ether oxygens (including phenoxy) is 2. The summed E-state index contributed by atoms with van der Waals surface area (Å²) in [5.74, 6) is -2.82. The predicted octanol–water partition coefficient (Wildman–Crippen LogP) is 7.41. The molecule has 0 aliphatic carbocycles. The number of rotatable bonds is 36. The first-order chi connectivity index (χ1) is 28.3. The minimum Gasteiger partial charge on any atom is -0.480 e. The molecule has 0 saturated heterocycles. The highest BCUT2D eigenvalue weighted by atomic mass is 31.2. The van der Waals surface area contributed by atoms with E-state index in [9.17, 15) is 39.2 Å². The third-order valence-electron chi connectivity index (χ3n) is 8.18. The van der Waals surface area contributed by atoms with Crippen LogP contribution in [0, 0.1) is 0 Å². The number of allylic oxidation sites excluding steroid dienone is 14. The van der Waals surface area contributed by atoms with Crippen molar-refractivity contribution < 1.29 is 62.8 Å². The maximum Gasteiger partial charge on any atom is 0.472 e. The van der Waals surface area contributed by atoms with Crippen molar-refractivity contribution in [1.29, 1.82) is 0 Å². The number of carboxylic acid groups (broad SMARTS) is 1. The number of carbonyl (C=O) groups excluding carboxylic acids is 2. The molecule has 0 rings (SSSR count). The van der Waals surface area contributed by atoms with Gasteiger partial charge in [0.1, 0.15) is 12.6 Å². The lowest BCUT2D eigenvalue weighted by Crippen LogP contribution is -2.34. The van der Waals surface area contributed by atoms with E-state index in [1.54, 1.807) is 42.5 Å². The van der Waals surface area contributed by atoms with Gasteiger partial charge in [-0.25, -0.2) is 4.57 Å². The van der Waals surface area contributed by atoms with Gasteiger partial charge >= 0.3 is 25.7 Å². The average molecular weight is 852 g/mol. The third kappa shape index (κ3) is 35.9. The van der Waals surface area contributed by atoms with Crippen LogP contribution in [0.1, 0.15) is 110 Å². The molecule has 0 amide bonds. The number of nitrogens with two attached hydrogens (primary N) is 1. The molecule has 14 nitrogen and oxygen atoms in total. The first-order valence-corrected chi connectivity index (χ1v) is 22.1. The second-order valence-electron chi connectivity index (χ2n) is 13.6. The molecule has 0 aliphatic rings. The van der Waals surface area contributed by atoms with Gasteiger partial charge < -0.3 is 40.5 Å². The molecule has 334 valence electrons. The van der Waals surface area contributed by atoms with Crippen LogP contribution < -0.4 is 5.73 Å². The lowest BCUT2D eigenvalue weighted by molar-refractivity contribution is -0.161. The molecule has 1 unspecified atom stereocenters. The summed E-state index contributed by atoms with van der Waals surface area (Å²) in [6.45, 7) is 2.16. The van der Waals surface area contributed by atoms with Gasteiger partial charge in [-0.2, -0.15) is 0 Å². The molecule has 0 aromatic heterocycles. The maximum atomic E-state index is 12.6. The molecule has 0 aliphatic heterocycles. The highest BCUT2D eigenvalue weighted by molar-refractivity contribution is 7.47. The Bertz CT molecular complexity index is 1420. The van der Waals surface area contributed by atoms with Gasteiger partial charge in [-0.05, 0) is 64.2 Å². The largest absolute Gasteiger partial charge is 0.480 e. The van der Waals surface area contributed by atoms with Gasteiger partial charge in [0.05, 0.1) is 31.5 Å². The van der Waals surface area contributed by atoms with Crippen molar-refractivity contribution >= 4 is 25.7 Å². The predicted molar refractivity (Wildman–Crippen MR) is 230 cm³/mol. The molecule has 0 bridgehead atoms. The topological polar surface area (TPSA) is 232 Å². The van der Waals surface area contributed by atoms with Crippen LogP contribution in [0.5, 0.6) is 0 Å². The zero-order valence-electron chi connectivity index (χ0n) is 34.9. The Morgan fingerprint density at radius 2 is 1.24 bits per heavy atom. The van der Waals surface area contributed by atoms with Crippen LogP contribution in [-0.2, 0) is 37.5 Å². The molecule has 0 heterocycles. The van der Waals surface area contributed by atoms with Crippen molar-refractivity contribution in [3.05, 3.63) is 97.2 Å². The Morgan fingerprint density at radius 1 is 0.661 bits per heavy atom. The summed E-state index contributed by atoms with van der Waals surface area (Å²) in [7, 11) is -4.82. The number of aliphatic carboxylic acids is 1.